The predicted octanol–water partition coefficient (Wildman–Crippen LogP) is 4.19. The fourth-order valence-corrected chi connectivity index (χ4v) is 2.92. The second-order valence-electron chi connectivity index (χ2n) is 5.29. The lowest BCUT2D eigenvalue weighted by atomic mass is 10.0. The zero-order chi connectivity index (χ0) is 16.4. The average molecular weight is 371 g/mol. The molecule has 0 saturated carbocycles. The third kappa shape index (κ3) is 3.97. The van der Waals surface area contributed by atoms with E-state index in [0.717, 1.165) is 5.56 Å². The Kier molecular flexibility index (Phi) is 5.09. The number of amides is 1. The lowest BCUT2D eigenvalue weighted by molar-refractivity contribution is -0.117. The number of rotatable bonds is 3. The molecule has 23 heavy (non-hydrogen) atoms. The van der Waals surface area contributed by atoms with Crippen LogP contribution in [-0.2, 0) is 4.79 Å². The van der Waals surface area contributed by atoms with Crippen molar-refractivity contribution in [3.63, 3.8) is 0 Å². The van der Waals surface area contributed by atoms with Crippen LogP contribution in [0.2, 0.25) is 15.1 Å². The summed E-state index contributed by atoms with van der Waals surface area (Å²) < 4.78 is 0. The maximum Gasteiger partial charge on any atom is 0.242 e. The predicted molar refractivity (Wildman–Crippen MR) is 94.0 cm³/mol. The molecule has 3 N–H and O–H groups in total. The van der Waals surface area contributed by atoms with Gasteiger partial charge in [0, 0.05) is 16.1 Å². The van der Waals surface area contributed by atoms with Gasteiger partial charge in [0.25, 0.3) is 0 Å². The zero-order valence-corrected chi connectivity index (χ0v) is 14.2. The van der Waals surface area contributed by atoms with Gasteiger partial charge in [0.05, 0.1) is 10.7 Å². The van der Waals surface area contributed by atoms with E-state index in [1.165, 1.54) is 0 Å². The maximum absolute atomic E-state index is 12.4. The van der Waals surface area contributed by atoms with E-state index in [1.54, 1.807) is 18.2 Å². The molecule has 0 radical (unpaired) electrons. The highest BCUT2D eigenvalue weighted by Crippen LogP contribution is 2.27. The SMILES string of the molecule is O=C(Nc1cc(Cl)ccc1Cl)C1CC(c2ccc(Cl)cc2)NN1. The Hall–Kier alpha value is -1.30. The minimum atomic E-state index is -0.370. The molecule has 1 aliphatic heterocycles. The molecule has 0 aliphatic carbocycles. The van der Waals surface area contributed by atoms with Gasteiger partial charge in [0.15, 0.2) is 0 Å². The molecule has 0 spiro atoms. The number of hydrazine groups is 1. The maximum atomic E-state index is 12.4. The van der Waals surface area contributed by atoms with E-state index in [9.17, 15) is 4.79 Å². The Balaban J connectivity index is 1.65. The standard InChI is InChI=1S/C16H14Cl3N3O/c17-10-3-1-9(2-4-10)13-8-15(22-21-13)16(23)20-14-7-11(18)5-6-12(14)19/h1-7,13,15,21-22H,8H2,(H,20,23). The largest absolute Gasteiger partial charge is 0.323 e. The molecule has 2 aromatic carbocycles. The fraction of sp³-hybridized carbons (Fsp3) is 0.188. The molecule has 120 valence electrons. The molecule has 1 fully saturated rings. The Bertz CT molecular complexity index is 721. The number of carbonyl (C=O) groups excluding carboxylic acids is 1. The van der Waals surface area contributed by atoms with Gasteiger partial charge < -0.3 is 5.32 Å². The molecule has 2 unspecified atom stereocenters. The molecule has 1 amide bonds. The second kappa shape index (κ2) is 7.07. The first-order chi connectivity index (χ1) is 11.0. The first-order valence-electron chi connectivity index (χ1n) is 7.05. The van der Waals surface area contributed by atoms with Crippen LogP contribution < -0.4 is 16.2 Å². The molecule has 1 heterocycles. The molecule has 2 atom stereocenters. The van der Waals surface area contributed by atoms with E-state index in [4.69, 9.17) is 34.8 Å². The lowest BCUT2D eigenvalue weighted by Gasteiger charge is -2.12. The van der Waals surface area contributed by atoms with E-state index < -0.39 is 0 Å². The normalized spacial score (nSPS) is 20.5. The van der Waals surface area contributed by atoms with Gasteiger partial charge in [0.1, 0.15) is 6.04 Å². The molecule has 1 saturated heterocycles. The monoisotopic (exact) mass is 369 g/mol. The van der Waals surface area contributed by atoms with Gasteiger partial charge in [-0.05, 0) is 42.3 Å². The Morgan fingerprint density at radius 1 is 1.00 bits per heavy atom. The summed E-state index contributed by atoms with van der Waals surface area (Å²) in [5.74, 6) is -0.168. The summed E-state index contributed by atoms with van der Waals surface area (Å²) in [4.78, 5) is 12.4. The summed E-state index contributed by atoms with van der Waals surface area (Å²) in [6.45, 7) is 0. The number of nitrogens with one attached hydrogen (secondary N) is 3. The van der Waals surface area contributed by atoms with Gasteiger partial charge in [-0.1, -0.05) is 46.9 Å². The van der Waals surface area contributed by atoms with E-state index >= 15 is 0 Å². The van der Waals surface area contributed by atoms with Crippen molar-refractivity contribution < 1.29 is 4.79 Å². The summed E-state index contributed by atoms with van der Waals surface area (Å²) in [6.07, 6.45) is 0.617. The van der Waals surface area contributed by atoms with Gasteiger partial charge in [-0.15, -0.1) is 0 Å². The molecule has 7 heteroatoms. The Morgan fingerprint density at radius 3 is 2.43 bits per heavy atom. The van der Waals surface area contributed by atoms with Crippen LogP contribution in [0.1, 0.15) is 18.0 Å². The first kappa shape index (κ1) is 16.6. The Morgan fingerprint density at radius 2 is 1.70 bits per heavy atom. The van der Waals surface area contributed by atoms with Crippen molar-refractivity contribution in [1.29, 1.82) is 0 Å². The third-order valence-electron chi connectivity index (χ3n) is 3.68. The van der Waals surface area contributed by atoms with Crippen molar-refractivity contribution in [2.24, 2.45) is 0 Å². The highest BCUT2D eigenvalue weighted by molar-refractivity contribution is 6.35. The minimum Gasteiger partial charge on any atom is -0.323 e. The number of benzene rings is 2. The summed E-state index contributed by atoms with van der Waals surface area (Å²) in [6, 6.07) is 12.2. The van der Waals surface area contributed by atoms with Crippen LogP contribution in [0.25, 0.3) is 0 Å². The van der Waals surface area contributed by atoms with Crippen LogP contribution in [0.3, 0.4) is 0 Å². The lowest BCUT2D eigenvalue weighted by Crippen LogP contribution is -2.39. The summed E-state index contributed by atoms with van der Waals surface area (Å²) in [7, 11) is 0. The second-order valence-corrected chi connectivity index (χ2v) is 6.57. The summed E-state index contributed by atoms with van der Waals surface area (Å²) in [5.41, 5.74) is 7.69. The highest BCUT2D eigenvalue weighted by atomic mass is 35.5. The van der Waals surface area contributed by atoms with Gasteiger partial charge >= 0.3 is 0 Å². The summed E-state index contributed by atoms with van der Waals surface area (Å²) in [5, 5.41) is 4.44. The molecule has 3 rings (SSSR count). The first-order valence-corrected chi connectivity index (χ1v) is 8.19. The van der Waals surface area contributed by atoms with Crippen LogP contribution in [0, 0.1) is 0 Å². The number of hydrogen-bond acceptors (Lipinski definition) is 3. The Labute approximate surface area is 149 Å². The van der Waals surface area contributed by atoms with Crippen LogP contribution in [0.4, 0.5) is 5.69 Å². The van der Waals surface area contributed by atoms with E-state index in [-0.39, 0.29) is 18.0 Å². The van der Waals surface area contributed by atoms with Crippen molar-refractivity contribution in [2.45, 2.75) is 18.5 Å². The van der Waals surface area contributed by atoms with Crippen LogP contribution in [-0.4, -0.2) is 11.9 Å². The van der Waals surface area contributed by atoms with E-state index in [2.05, 4.69) is 16.2 Å². The molecule has 4 nitrogen and oxygen atoms in total. The van der Waals surface area contributed by atoms with Gasteiger partial charge in [0.2, 0.25) is 5.91 Å². The number of hydrogen-bond donors (Lipinski definition) is 3. The van der Waals surface area contributed by atoms with Crippen molar-refractivity contribution in [2.75, 3.05) is 5.32 Å². The van der Waals surface area contributed by atoms with Crippen LogP contribution in [0.15, 0.2) is 42.5 Å². The van der Waals surface area contributed by atoms with Crippen molar-refractivity contribution in [1.82, 2.24) is 10.9 Å². The van der Waals surface area contributed by atoms with Crippen LogP contribution in [0.5, 0.6) is 0 Å². The smallest absolute Gasteiger partial charge is 0.242 e. The quantitative estimate of drug-likeness (QED) is 0.759. The van der Waals surface area contributed by atoms with Gasteiger partial charge in [-0.3, -0.25) is 4.79 Å². The zero-order valence-electron chi connectivity index (χ0n) is 11.9. The third-order valence-corrected chi connectivity index (χ3v) is 4.50. The summed E-state index contributed by atoms with van der Waals surface area (Å²) >= 11 is 17.9. The number of anilines is 1. The highest BCUT2D eigenvalue weighted by Gasteiger charge is 2.30. The molecular formula is C16H14Cl3N3O. The molecule has 1 aliphatic rings. The fourth-order valence-electron chi connectivity index (χ4n) is 2.45. The molecule has 0 bridgehead atoms. The van der Waals surface area contributed by atoms with Gasteiger partial charge in [-0.25, -0.2) is 10.9 Å². The van der Waals surface area contributed by atoms with E-state index in [1.807, 2.05) is 24.3 Å². The topological polar surface area (TPSA) is 53.2 Å². The van der Waals surface area contributed by atoms with Crippen molar-refractivity contribution in [3.05, 3.63) is 63.1 Å². The van der Waals surface area contributed by atoms with Crippen molar-refractivity contribution >= 4 is 46.4 Å². The van der Waals surface area contributed by atoms with Crippen LogP contribution >= 0.6 is 34.8 Å². The van der Waals surface area contributed by atoms with Gasteiger partial charge in [-0.2, -0.15) is 0 Å². The average Bonchev–Trinajstić information content (AvgIpc) is 3.02. The molecule has 0 aromatic heterocycles. The molecular weight excluding hydrogens is 357 g/mol. The molecule has 2 aromatic rings. The minimum absolute atomic E-state index is 0.0397. The number of halogens is 3. The van der Waals surface area contributed by atoms with Crippen molar-refractivity contribution in [3.8, 4) is 0 Å². The number of carbonyl (C=O) groups is 1. The van der Waals surface area contributed by atoms with E-state index in [0.29, 0.717) is 27.2 Å².